The second-order valence-electron chi connectivity index (χ2n) is 8.04. The number of carbonyl (C=O) groups excluding carboxylic acids is 1. The number of aryl methyl sites for hydroxylation is 1. The van der Waals surface area contributed by atoms with Crippen LogP contribution in [0, 0.1) is 0 Å². The molecule has 1 saturated heterocycles. The lowest BCUT2D eigenvalue weighted by molar-refractivity contribution is 0.0724. The molecule has 1 aliphatic carbocycles. The maximum atomic E-state index is 12.6. The summed E-state index contributed by atoms with van der Waals surface area (Å²) in [7, 11) is 1.70. The smallest absolute Gasteiger partial charge is 0.253 e. The summed E-state index contributed by atoms with van der Waals surface area (Å²) < 4.78 is 5.36. The van der Waals surface area contributed by atoms with E-state index in [1.165, 1.54) is 17.5 Å². The molecular weight excluding hydrogens is 394 g/mol. The number of piperidine rings is 1. The topological polar surface area (TPSA) is 53.6 Å². The Bertz CT molecular complexity index is 907. The van der Waals surface area contributed by atoms with Crippen molar-refractivity contribution in [3.05, 3.63) is 59.2 Å². The molecule has 1 aliphatic heterocycles. The minimum atomic E-state index is 0.121. The van der Waals surface area contributed by atoms with Gasteiger partial charge in [0.05, 0.1) is 13.2 Å². The number of ether oxygens (including phenoxy) is 1. The molecule has 1 amide bonds. The van der Waals surface area contributed by atoms with E-state index < -0.39 is 0 Å². The molecule has 1 atom stereocenters. The van der Waals surface area contributed by atoms with Crippen molar-refractivity contribution in [3.63, 3.8) is 0 Å². The molecule has 4 rings (SSSR count). The molecule has 0 bridgehead atoms. The zero-order valence-corrected chi connectivity index (χ0v) is 18.3. The lowest BCUT2D eigenvalue weighted by atomic mass is 9.87. The molecule has 0 spiro atoms. The average Bonchev–Trinajstić information content (AvgIpc) is 2.79. The molecule has 5 nitrogen and oxygen atoms in total. The van der Waals surface area contributed by atoms with Gasteiger partial charge in [-0.2, -0.15) is 0 Å². The van der Waals surface area contributed by atoms with Gasteiger partial charge in [-0.1, -0.05) is 6.07 Å². The first-order chi connectivity index (χ1) is 14.6. The van der Waals surface area contributed by atoms with Crippen molar-refractivity contribution in [3.8, 4) is 5.75 Å². The summed E-state index contributed by atoms with van der Waals surface area (Å²) in [5.41, 5.74) is 4.22. The van der Waals surface area contributed by atoms with Crippen LogP contribution in [0.15, 0.2) is 42.5 Å². The van der Waals surface area contributed by atoms with Gasteiger partial charge in [0.15, 0.2) is 5.11 Å². The van der Waals surface area contributed by atoms with E-state index in [0.29, 0.717) is 5.11 Å². The fraction of sp³-hybridized carbons (Fsp3) is 0.417. The summed E-state index contributed by atoms with van der Waals surface area (Å²) in [4.78, 5) is 14.6. The van der Waals surface area contributed by atoms with Crippen LogP contribution in [0.1, 0.15) is 59.6 Å². The van der Waals surface area contributed by atoms with Crippen LogP contribution < -0.4 is 15.4 Å². The van der Waals surface area contributed by atoms with Gasteiger partial charge in [-0.25, -0.2) is 0 Å². The number of benzene rings is 2. The minimum absolute atomic E-state index is 0.121. The van der Waals surface area contributed by atoms with E-state index in [1.807, 2.05) is 35.2 Å². The number of hydrogen-bond donors (Lipinski definition) is 2. The second kappa shape index (κ2) is 9.47. The number of hydrogen-bond acceptors (Lipinski definition) is 3. The molecule has 0 unspecified atom stereocenters. The Labute approximate surface area is 183 Å². The lowest BCUT2D eigenvalue weighted by Gasteiger charge is -2.28. The van der Waals surface area contributed by atoms with Gasteiger partial charge >= 0.3 is 0 Å². The highest BCUT2D eigenvalue weighted by Crippen LogP contribution is 2.32. The molecular formula is C24H29N3O2S. The summed E-state index contributed by atoms with van der Waals surface area (Å²) in [6.07, 6.45) is 6.65. The predicted octanol–water partition coefficient (Wildman–Crippen LogP) is 4.69. The summed E-state index contributed by atoms with van der Waals surface area (Å²) >= 11 is 5.56. The van der Waals surface area contributed by atoms with Crippen molar-refractivity contribution >= 4 is 28.9 Å². The quantitative estimate of drug-likeness (QED) is 0.699. The molecule has 0 radical (unpaired) electrons. The van der Waals surface area contributed by atoms with E-state index in [2.05, 4.69) is 22.8 Å². The van der Waals surface area contributed by atoms with Crippen LogP contribution in [0.4, 0.5) is 5.69 Å². The maximum Gasteiger partial charge on any atom is 0.253 e. The van der Waals surface area contributed by atoms with Crippen LogP contribution in [0.2, 0.25) is 0 Å². The molecule has 30 heavy (non-hydrogen) atoms. The van der Waals surface area contributed by atoms with Crippen molar-refractivity contribution in [1.82, 2.24) is 10.2 Å². The number of carbonyl (C=O) groups is 1. The number of nitrogens with zero attached hydrogens (tertiary/aromatic N) is 1. The molecule has 2 aromatic rings. The van der Waals surface area contributed by atoms with Gasteiger partial charge in [0, 0.05) is 24.3 Å². The highest BCUT2D eigenvalue weighted by atomic mass is 32.1. The third-order valence-corrected chi connectivity index (χ3v) is 6.22. The number of amides is 1. The molecule has 0 saturated carbocycles. The van der Waals surface area contributed by atoms with E-state index in [9.17, 15) is 4.79 Å². The zero-order valence-electron chi connectivity index (χ0n) is 17.4. The van der Waals surface area contributed by atoms with Crippen LogP contribution >= 0.6 is 12.2 Å². The number of fused-ring (bicyclic) bond motifs is 1. The summed E-state index contributed by atoms with van der Waals surface area (Å²) in [5, 5.41) is 7.31. The Morgan fingerprint density at radius 1 is 1.07 bits per heavy atom. The molecule has 158 valence electrons. The number of rotatable bonds is 4. The van der Waals surface area contributed by atoms with E-state index in [0.717, 1.165) is 62.2 Å². The SMILES string of the molecule is COc1ccc2c(c1)CCC[C@H]2NC(=S)Nc1ccc(C(=O)N2CCCCC2)cc1. The molecule has 1 fully saturated rings. The molecule has 2 N–H and O–H groups in total. The monoisotopic (exact) mass is 423 g/mol. The third-order valence-electron chi connectivity index (χ3n) is 6.00. The van der Waals surface area contributed by atoms with Crippen molar-refractivity contribution in [1.29, 1.82) is 0 Å². The Balaban J connectivity index is 1.36. The second-order valence-corrected chi connectivity index (χ2v) is 8.45. The van der Waals surface area contributed by atoms with Gasteiger partial charge in [-0.15, -0.1) is 0 Å². The number of anilines is 1. The van der Waals surface area contributed by atoms with Gasteiger partial charge in [0.25, 0.3) is 5.91 Å². The van der Waals surface area contributed by atoms with E-state index in [1.54, 1.807) is 7.11 Å². The lowest BCUT2D eigenvalue weighted by Crippen LogP contribution is -2.35. The Morgan fingerprint density at radius 2 is 1.83 bits per heavy atom. The van der Waals surface area contributed by atoms with E-state index >= 15 is 0 Å². The van der Waals surface area contributed by atoms with Crippen LogP contribution in [-0.2, 0) is 6.42 Å². The average molecular weight is 424 g/mol. The van der Waals surface area contributed by atoms with Gasteiger partial charge in [-0.05, 0) is 98.3 Å². The minimum Gasteiger partial charge on any atom is -0.497 e. The van der Waals surface area contributed by atoms with E-state index in [-0.39, 0.29) is 11.9 Å². The third kappa shape index (κ3) is 4.75. The van der Waals surface area contributed by atoms with Crippen molar-refractivity contribution in [2.45, 2.75) is 44.6 Å². The number of likely N-dealkylation sites (tertiary alicyclic amines) is 1. The van der Waals surface area contributed by atoms with Crippen LogP contribution in [0.5, 0.6) is 5.75 Å². The first-order valence-corrected chi connectivity index (χ1v) is 11.2. The highest BCUT2D eigenvalue weighted by molar-refractivity contribution is 7.80. The Hall–Kier alpha value is -2.60. The van der Waals surface area contributed by atoms with Crippen molar-refractivity contribution < 1.29 is 9.53 Å². The summed E-state index contributed by atoms with van der Waals surface area (Å²) in [6, 6.07) is 14.1. The number of methoxy groups -OCH3 is 1. The molecule has 1 heterocycles. The maximum absolute atomic E-state index is 12.6. The van der Waals surface area contributed by atoms with Gasteiger partial charge in [0.2, 0.25) is 0 Å². The van der Waals surface area contributed by atoms with Crippen LogP contribution in [0.25, 0.3) is 0 Å². The fourth-order valence-electron chi connectivity index (χ4n) is 4.37. The van der Waals surface area contributed by atoms with Crippen LogP contribution in [-0.4, -0.2) is 36.1 Å². The molecule has 2 aromatic carbocycles. The van der Waals surface area contributed by atoms with Gasteiger partial charge in [0.1, 0.15) is 5.75 Å². The summed E-state index contributed by atoms with van der Waals surface area (Å²) in [6.45, 7) is 1.73. The van der Waals surface area contributed by atoms with Crippen molar-refractivity contribution in [2.24, 2.45) is 0 Å². The van der Waals surface area contributed by atoms with Gasteiger partial charge < -0.3 is 20.3 Å². The predicted molar refractivity (Wildman–Crippen MR) is 124 cm³/mol. The fourth-order valence-corrected chi connectivity index (χ4v) is 4.63. The molecule has 0 aromatic heterocycles. The first-order valence-electron chi connectivity index (χ1n) is 10.8. The molecule has 6 heteroatoms. The van der Waals surface area contributed by atoms with Crippen molar-refractivity contribution in [2.75, 3.05) is 25.5 Å². The molecule has 2 aliphatic rings. The number of nitrogens with one attached hydrogen (secondary N) is 2. The summed E-state index contributed by atoms with van der Waals surface area (Å²) in [5.74, 6) is 1.02. The largest absolute Gasteiger partial charge is 0.497 e. The Morgan fingerprint density at radius 3 is 2.57 bits per heavy atom. The zero-order chi connectivity index (χ0) is 20.9. The Kier molecular flexibility index (Phi) is 6.53. The van der Waals surface area contributed by atoms with Gasteiger partial charge in [-0.3, -0.25) is 4.79 Å². The van der Waals surface area contributed by atoms with E-state index in [4.69, 9.17) is 17.0 Å². The normalized spacial score (nSPS) is 18.3. The highest BCUT2D eigenvalue weighted by Gasteiger charge is 2.22. The number of thiocarbonyl (C=S) groups is 1. The first kappa shape index (κ1) is 20.7. The van der Waals surface area contributed by atoms with Crippen LogP contribution in [0.3, 0.4) is 0 Å². The standard InChI is InChI=1S/C24H29N3O2S/c1-29-20-12-13-21-18(16-20)6-5-7-22(21)26-24(30)25-19-10-8-17(9-11-19)23(28)27-14-3-2-4-15-27/h8-13,16,22H,2-7,14-15H2,1H3,(H2,25,26,30)/t22-/m1/s1.